The first-order valence-electron chi connectivity index (χ1n) is 5.06. The van der Waals surface area contributed by atoms with E-state index in [9.17, 15) is 4.79 Å². The van der Waals surface area contributed by atoms with Crippen molar-refractivity contribution in [2.45, 2.75) is 20.0 Å². The van der Waals surface area contributed by atoms with E-state index in [1.54, 1.807) is 24.9 Å². The molecule has 1 amide bonds. The minimum absolute atomic E-state index is 0.144. The summed E-state index contributed by atoms with van der Waals surface area (Å²) < 4.78 is 6.52. The van der Waals surface area contributed by atoms with Gasteiger partial charge in [0.2, 0.25) is 0 Å². The number of hydrogen-bond donors (Lipinski definition) is 1. The number of aromatic nitrogens is 2. The van der Waals surface area contributed by atoms with E-state index < -0.39 is 6.09 Å². The summed E-state index contributed by atoms with van der Waals surface area (Å²) >= 11 is 0. The van der Waals surface area contributed by atoms with Crippen LogP contribution in [0.2, 0.25) is 0 Å². The van der Waals surface area contributed by atoms with Crippen LogP contribution in [0.4, 0.5) is 4.79 Å². The third kappa shape index (κ3) is 2.13. The third-order valence-corrected chi connectivity index (χ3v) is 2.01. The van der Waals surface area contributed by atoms with Crippen LogP contribution in [0.1, 0.15) is 13.8 Å². The van der Waals surface area contributed by atoms with Gasteiger partial charge in [-0.3, -0.25) is 0 Å². The largest absolute Gasteiger partial charge is 0.446 e. The molecule has 0 aliphatic carbocycles. The quantitative estimate of drug-likeness (QED) is 0.841. The molecule has 0 spiro atoms. The van der Waals surface area contributed by atoms with Crippen LogP contribution >= 0.6 is 0 Å². The molecule has 1 heterocycles. The van der Waals surface area contributed by atoms with Gasteiger partial charge in [0.15, 0.2) is 0 Å². The number of para-hydroxylation sites is 2. The fourth-order valence-corrected chi connectivity index (χ4v) is 1.39. The maximum atomic E-state index is 11.4. The van der Waals surface area contributed by atoms with Gasteiger partial charge in [-0.25, -0.2) is 19.9 Å². The molecule has 0 saturated heterocycles. The highest BCUT2D eigenvalue weighted by atomic mass is 16.6. The number of amides is 1. The Labute approximate surface area is 93.0 Å². The van der Waals surface area contributed by atoms with Gasteiger partial charge in [-0.15, -0.1) is 0 Å². The molecule has 0 radical (unpaired) electrons. The number of nitrogens with zero attached hydrogens (tertiary/aromatic N) is 2. The van der Waals surface area contributed by atoms with Crippen LogP contribution in [0.25, 0.3) is 11.0 Å². The number of carbonyl (C=O) groups is 1. The molecule has 1 aromatic heterocycles. The van der Waals surface area contributed by atoms with Crippen molar-refractivity contribution in [3.8, 4) is 0 Å². The summed E-state index contributed by atoms with van der Waals surface area (Å²) in [6.45, 7) is 3.59. The zero-order valence-corrected chi connectivity index (χ0v) is 9.18. The maximum Gasteiger partial charge on any atom is 0.426 e. The molecule has 5 nitrogen and oxygen atoms in total. The second-order valence-corrected chi connectivity index (χ2v) is 3.67. The summed E-state index contributed by atoms with van der Waals surface area (Å²) in [7, 11) is 0. The van der Waals surface area contributed by atoms with Gasteiger partial charge in [0, 0.05) is 0 Å². The summed E-state index contributed by atoms with van der Waals surface area (Å²) in [6, 6.07) is 7.53. The molecule has 16 heavy (non-hydrogen) atoms. The zero-order chi connectivity index (χ0) is 11.5. The van der Waals surface area contributed by atoms with Crippen molar-refractivity contribution in [1.29, 1.82) is 0 Å². The number of ether oxygens (including phenoxy) is 1. The molecule has 1 N–H and O–H groups in total. The maximum absolute atomic E-state index is 11.4. The van der Waals surface area contributed by atoms with Gasteiger partial charge < -0.3 is 4.74 Å². The minimum Gasteiger partial charge on any atom is -0.446 e. The van der Waals surface area contributed by atoms with Gasteiger partial charge in [0.05, 0.1) is 17.1 Å². The van der Waals surface area contributed by atoms with Crippen molar-refractivity contribution in [2.75, 3.05) is 5.43 Å². The first-order chi connectivity index (χ1) is 7.66. The molecule has 0 aliphatic heterocycles. The highest BCUT2D eigenvalue weighted by Crippen LogP contribution is 2.09. The Bertz CT molecular complexity index is 505. The Hall–Kier alpha value is -2.04. The molecular formula is C11H13N3O2. The Kier molecular flexibility index (Phi) is 2.76. The van der Waals surface area contributed by atoms with Crippen LogP contribution in [0.15, 0.2) is 30.6 Å². The molecule has 0 bridgehead atoms. The summed E-state index contributed by atoms with van der Waals surface area (Å²) in [4.78, 5) is 15.5. The van der Waals surface area contributed by atoms with Gasteiger partial charge in [0.1, 0.15) is 6.33 Å². The van der Waals surface area contributed by atoms with E-state index in [4.69, 9.17) is 4.74 Å². The Balaban J connectivity index is 2.18. The number of carbonyl (C=O) groups excluding carboxylic acids is 1. The number of imidazole rings is 1. The van der Waals surface area contributed by atoms with Crippen LogP contribution < -0.4 is 5.43 Å². The standard InChI is InChI=1S/C11H13N3O2/c1-8(2)16-11(15)13-14-7-12-9-5-3-4-6-10(9)14/h3-8H,1-2H3,(H,13,15). The second kappa shape index (κ2) is 4.22. The van der Waals surface area contributed by atoms with Crippen molar-refractivity contribution in [3.05, 3.63) is 30.6 Å². The molecule has 84 valence electrons. The molecule has 2 aromatic rings. The van der Waals surface area contributed by atoms with Gasteiger partial charge in [-0.1, -0.05) is 12.1 Å². The lowest BCUT2D eigenvalue weighted by molar-refractivity contribution is 0.127. The van der Waals surface area contributed by atoms with Gasteiger partial charge in [-0.2, -0.15) is 0 Å². The van der Waals surface area contributed by atoms with E-state index in [0.29, 0.717) is 0 Å². The Morgan fingerprint density at radius 3 is 2.94 bits per heavy atom. The first-order valence-corrected chi connectivity index (χ1v) is 5.06. The van der Waals surface area contributed by atoms with Crippen LogP contribution in [-0.4, -0.2) is 21.9 Å². The molecule has 1 aromatic carbocycles. The van der Waals surface area contributed by atoms with E-state index in [0.717, 1.165) is 11.0 Å². The van der Waals surface area contributed by atoms with E-state index in [1.807, 2.05) is 24.3 Å². The van der Waals surface area contributed by atoms with Gasteiger partial charge >= 0.3 is 6.09 Å². The van der Waals surface area contributed by atoms with Crippen molar-refractivity contribution >= 4 is 17.1 Å². The first kappa shape index (κ1) is 10.5. The van der Waals surface area contributed by atoms with E-state index in [1.165, 1.54) is 0 Å². The van der Waals surface area contributed by atoms with Crippen LogP contribution in [-0.2, 0) is 4.74 Å². The Morgan fingerprint density at radius 1 is 1.44 bits per heavy atom. The van der Waals surface area contributed by atoms with Crippen molar-refractivity contribution in [3.63, 3.8) is 0 Å². The third-order valence-electron chi connectivity index (χ3n) is 2.01. The summed E-state index contributed by atoms with van der Waals surface area (Å²) in [6.07, 6.45) is 0.916. The lowest BCUT2D eigenvalue weighted by Gasteiger charge is -2.10. The van der Waals surface area contributed by atoms with E-state index in [-0.39, 0.29) is 6.10 Å². The molecular weight excluding hydrogens is 206 g/mol. The fraction of sp³-hybridized carbons (Fsp3) is 0.273. The predicted octanol–water partition coefficient (Wildman–Crippen LogP) is 2.12. The molecule has 5 heteroatoms. The second-order valence-electron chi connectivity index (χ2n) is 3.67. The normalized spacial score (nSPS) is 10.7. The molecule has 0 fully saturated rings. The highest BCUT2D eigenvalue weighted by molar-refractivity contribution is 5.81. The summed E-state index contributed by atoms with van der Waals surface area (Å²) in [5.74, 6) is 0. The van der Waals surface area contributed by atoms with E-state index >= 15 is 0 Å². The Morgan fingerprint density at radius 2 is 2.19 bits per heavy atom. The average Bonchev–Trinajstić information content (AvgIpc) is 2.61. The number of nitrogens with one attached hydrogen (secondary N) is 1. The number of benzene rings is 1. The topological polar surface area (TPSA) is 56.1 Å². The molecule has 0 atom stereocenters. The van der Waals surface area contributed by atoms with Gasteiger partial charge in [0.25, 0.3) is 0 Å². The smallest absolute Gasteiger partial charge is 0.426 e. The lowest BCUT2D eigenvalue weighted by atomic mass is 10.3. The van der Waals surface area contributed by atoms with Crippen molar-refractivity contribution < 1.29 is 9.53 Å². The molecule has 0 saturated carbocycles. The zero-order valence-electron chi connectivity index (χ0n) is 9.18. The number of fused-ring (bicyclic) bond motifs is 1. The predicted molar refractivity (Wildman–Crippen MR) is 60.7 cm³/mol. The lowest BCUT2D eigenvalue weighted by Crippen LogP contribution is -2.25. The SMILES string of the molecule is CC(C)OC(=O)Nn1cnc2ccccc21. The van der Waals surface area contributed by atoms with Crippen LogP contribution in [0.3, 0.4) is 0 Å². The van der Waals surface area contributed by atoms with Crippen LogP contribution in [0, 0.1) is 0 Å². The number of rotatable bonds is 2. The summed E-state index contributed by atoms with van der Waals surface area (Å²) in [5, 5.41) is 0. The molecule has 0 aliphatic rings. The van der Waals surface area contributed by atoms with E-state index in [2.05, 4.69) is 10.4 Å². The number of hydrogen-bond acceptors (Lipinski definition) is 3. The average molecular weight is 219 g/mol. The summed E-state index contributed by atoms with van der Waals surface area (Å²) in [5.41, 5.74) is 4.25. The molecule has 0 unspecified atom stereocenters. The highest BCUT2D eigenvalue weighted by Gasteiger charge is 2.07. The fourth-order valence-electron chi connectivity index (χ4n) is 1.39. The van der Waals surface area contributed by atoms with Crippen LogP contribution in [0.5, 0.6) is 0 Å². The van der Waals surface area contributed by atoms with Gasteiger partial charge in [-0.05, 0) is 26.0 Å². The van der Waals surface area contributed by atoms with Crippen molar-refractivity contribution in [1.82, 2.24) is 9.66 Å². The van der Waals surface area contributed by atoms with Crippen molar-refractivity contribution in [2.24, 2.45) is 0 Å². The molecule has 2 rings (SSSR count). The minimum atomic E-state index is -0.488. The monoisotopic (exact) mass is 219 g/mol.